The quantitative estimate of drug-likeness (QED) is 0.825. The van der Waals surface area contributed by atoms with E-state index in [1.165, 1.54) is 17.7 Å². The van der Waals surface area contributed by atoms with Crippen LogP contribution in [0.1, 0.15) is 11.1 Å². The number of morpholine rings is 1. The second kappa shape index (κ2) is 8.44. The number of hydrogen-bond donors (Lipinski definition) is 0. The van der Waals surface area contributed by atoms with E-state index in [1.54, 1.807) is 0 Å². The first-order valence-corrected chi connectivity index (χ1v) is 9.51. The van der Waals surface area contributed by atoms with E-state index in [0.29, 0.717) is 19.8 Å². The zero-order chi connectivity index (χ0) is 18.5. The van der Waals surface area contributed by atoms with Gasteiger partial charge in [-0.15, -0.1) is 0 Å². The van der Waals surface area contributed by atoms with E-state index in [2.05, 4.69) is 26.9 Å². The van der Waals surface area contributed by atoms with E-state index in [1.807, 2.05) is 24.5 Å². The fraction of sp³-hybridized carbons (Fsp3) is 0.476. The highest BCUT2D eigenvalue weighted by molar-refractivity contribution is 5.16. The largest absolute Gasteiger partial charge is 0.377 e. The molecule has 2 aromatic rings. The van der Waals surface area contributed by atoms with Crippen LogP contribution >= 0.6 is 0 Å². The first kappa shape index (κ1) is 18.5. The van der Waals surface area contributed by atoms with Gasteiger partial charge in [-0.3, -0.25) is 14.8 Å². The zero-order valence-corrected chi connectivity index (χ0v) is 15.5. The van der Waals surface area contributed by atoms with Crippen molar-refractivity contribution in [2.75, 3.05) is 46.0 Å². The fourth-order valence-electron chi connectivity index (χ4n) is 3.95. The Bertz CT molecular complexity index is 728. The Morgan fingerprint density at radius 1 is 0.889 bits per heavy atom. The maximum absolute atomic E-state index is 13.2. The van der Waals surface area contributed by atoms with Crippen molar-refractivity contribution in [1.82, 2.24) is 14.8 Å². The normalized spacial score (nSPS) is 24.8. The molecule has 1 aromatic heterocycles. The molecule has 4 rings (SSSR count). The van der Waals surface area contributed by atoms with Gasteiger partial charge in [-0.1, -0.05) is 12.1 Å². The van der Waals surface area contributed by atoms with Gasteiger partial charge in [0.25, 0.3) is 0 Å². The van der Waals surface area contributed by atoms with Crippen molar-refractivity contribution < 1.29 is 13.9 Å². The molecule has 1 aromatic carbocycles. The molecule has 2 fully saturated rings. The van der Waals surface area contributed by atoms with Crippen LogP contribution in [0.15, 0.2) is 48.8 Å². The lowest BCUT2D eigenvalue weighted by Gasteiger charge is -2.43. The molecule has 2 aliphatic heterocycles. The van der Waals surface area contributed by atoms with Crippen molar-refractivity contribution in [3.8, 4) is 0 Å². The minimum absolute atomic E-state index is 0.193. The molecule has 2 saturated heterocycles. The van der Waals surface area contributed by atoms with Crippen molar-refractivity contribution in [3.05, 3.63) is 65.7 Å². The van der Waals surface area contributed by atoms with Gasteiger partial charge < -0.3 is 9.47 Å². The molecule has 1 unspecified atom stereocenters. The van der Waals surface area contributed by atoms with Crippen LogP contribution in [-0.4, -0.2) is 66.4 Å². The van der Waals surface area contributed by atoms with Crippen LogP contribution in [-0.2, 0) is 22.6 Å². The summed E-state index contributed by atoms with van der Waals surface area (Å²) in [6, 6.07) is 10.9. The van der Waals surface area contributed by atoms with Crippen molar-refractivity contribution in [2.24, 2.45) is 0 Å². The molecule has 0 N–H and O–H groups in total. The first-order chi connectivity index (χ1) is 13.2. The average molecular weight is 371 g/mol. The van der Waals surface area contributed by atoms with Gasteiger partial charge in [0, 0.05) is 51.7 Å². The Kier molecular flexibility index (Phi) is 5.78. The molecular weight excluding hydrogens is 345 g/mol. The van der Waals surface area contributed by atoms with Crippen molar-refractivity contribution in [3.63, 3.8) is 0 Å². The summed E-state index contributed by atoms with van der Waals surface area (Å²) in [5.41, 5.74) is 2.06. The highest BCUT2D eigenvalue weighted by atomic mass is 19.1. The summed E-state index contributed by atoms with van der Waals surface area (Å²) in [5, 5.41) is 0. The molecule has 0 amide bonds. The number of nitrogens with zero attached hydrogens (tertiary/aromatic N) is 3. The van der Waals surface area contributed by atoms with Crippen molar-refractivity contribution >= 4 is 0 Å². The number of rotatable bonds is 4. The number of halogens is 1. The van der Waals surface area contributed by atoms with Crippen LogP contribution in [0.5, 0.6) is 0 Å². The molecule has 1 atom stereocenters. The first-order valence-electron chi connectivity index (χ1n) is 9.51. The second-order valence-corrected chi connectivity index (χ2v) is 7.49. The van der Waals surface area contributed by atoms with Crippen LogP contribution in [0.4, 0.5) is 4.39 Å². The lowest BCUT2D eigenvalue weighted by atomic mass is 10.0. The van der Waals surface area contributed by atoms with E-state index in [9.17, 15) is 4.39 Å². The monoisotopic (exact) mass is 371 g/mol. The Balaban J connectivity index is 1.42. The maximum Gasteiger partial charge on any atom is 0.123 e. The lowest BCUT2D eigenvalue weighted by Crippen LogP contribution is -2.58. The minimum Gasteiger partial charge on any atom is -0.377 e. The summed E-state index contributed by atoms with van der Waals surface area (Å²) in [6.07, 6.45) is 3.67. The van der Waals surface area contributed by atoms with E-state index in [4.69, 9.17) is 9.47 Å². The van der Waals surface area contributed by atoms with Crippen LogP contribution < -0.4 is 0 Å². The van der Waals surface area contributed by atoms with Gasteiger partial charge in [-0.05, 0) is 35.4 Å². The molecule has 2 aliphatic rings. The number of pyridine rings is 1. The standard InChI is InChI=1S/C21H26FN3O2/c22-20-3-1-18(2-4-20)13-25-10-12-27-21(16-25)15-24(9-11-26-17-21)14-19-5-7-23-8-6-19/h1-8H,9-17H2. The van der Waals surface area contributed by atoms with Gasteiger partial charge in [0.05, 0.1) is 19.8 Å². The Hall–Kier alpha value is -1.86. The molecule has 27 heavy (non-hydrogen) atoms. The van der Waals surface area contributed by atoms with E-state index >= 15 is 0 Å². The van der Waals surface area contributed by atoms with Gasteiger partial charge >= 0.3 is 0 Å². The molecular formula is C21H26FN3O2. The number of aromatic nitrogens is 1. The summed E-state index contributed by atoms with van der Waals surface area (Å²) >= 11 is 0. The van der Waals surface area contributed by atoms with E-state index in [-0.39, 0.29) is 11.4 Å². The molecule has 144 valence electrons. The summed E-state index contributed by atoms with van der Waals surface area (Å²) in [4.78, 5) is 8.89. The molecule has 0 saturated carbocycles. The maximum atomic E-state index is 13.2. The topological polar surface area (TPSA) is 37.8 Å². The van der Waals surface area contributed by atoms with Crippen LogP contribution in [0.25, 0.3) is 0 Å². The summed E-state index contributed by atoms with van der Waals surface area (Å²) in [6.45, 7) is 7.12. The summed E-state index contributed by atoms with van der Waals surface area (Å²) in [5.74, 6) is -0.193. The summed E-state index contributed by atoms with van der Waals surface area (Å²) < 4.78 is 25.3. The van der Waals surface area contributed by atoms with Gasteiger partial charge in [0.2, 0.25) is 0 Å². The van der Waals surface area contributed by atoms with Crippen LogP contribution in [0.3, 0.4) is 0 Å². The average Bonchev–Trinajstić information content (AvgIpc) is 2.86. The van der Waals surface area contributed by atoms with Gasteiger partial charge in [0.1, 0.15) is 11.4 Å². The number of benzene rings is 1. The highest BCUT2D eigenvalue weighted by Crippen LogP contribution is 2.24. The molecule has 3 heterocycles. The second-order valence-electron chi connectivity index (χ2n) is 7.49. The third-order valence-electron chi connectivity index (χ3n) is 5.23. The predicted molar refractivity (Wildman–Crippen MR) is 101 cm³/mol. The molecule has 0 radical (unpaired) electrons. The highest BCUT2D eigenvalue weighted by Gasteiger charge is 2.40. The summed E-state index contributed by atoms with van der Waals surface area (Å²) in [7, 11) is 0. The molecule has 1 spiro atoms. The Morgan fingerprint density at radius 2 is 1.52 bits per heavy atom. The van der Waals surface area contributed by atoms with Crippen molar-refractivity contribution in [1.29, 1.82) is 0 Å². The third-order valence-corrected chi connectivity index (χ3v) is 5.23. The molecule has 0 aliphatic carbocycles. The van der Waals surface area contributed by atoms with Gasteiger partial charge in [-0.25, -0.2) is 4.39 Å². The Morgan fingerprint density at radius 3 is 2.22 bits per heavy atom. The smallest absolute Gasteiger partial charge is 0.123 e. The fourth-order valence-corrected chi connectivity index (χ4v) is 3.95. The molecule has 0 bridgehead atoms. The number of ether oxygens (including phenoxy) is 2. The van der Waals surface area contributed by atoms with Crippen molar-refractivity contribution in [2.45, 2.75) is 18.7 Å². The predicted octanol–water partition coefficient (Wildman–Crippen LogP) is 2.32. The van der Waals surface area contributed by atoms with Gasteiger partial charge in [0.15, 0.2) is 0 Å². The zero-order valence-electron chi connectivity index (χ0n) is 15.5. The third kappa shape index (κ3) is 4.90. The molecule has 6 heteroatoms. The van der Waals surface area contributed by atoms with Crippen LogP contribution in [0, 0.1) is 5.82 Å². The van der Waals surface area contributed by atoms with E-state index < -0.39 is 0 Å². The molecule has 5 nitrogen and oxygen atoms in total. The lowest BCUT2D eigenvalue weighted by molar-refractivity contribution is -0.143. The van der Waals surface area contributed by atoms with E-state index in [0.717, 1.165) is 44.8 Å². The SMILES string of the molecule is Fc1ccc(CN2CCOC3(COCCN(Cc4ccncc4)C3)C2)cc1. The minimum atomic E-state index is -0.318. The number of hydrogen-bond acceptors (Lipinski definition) is 5. The van der Waals surface area contributed by atoms with Gasteiger partial charge in [-0.2, -0.15) is 0 Å². The Labute approximate surface area is 159 Å². The van der Waals surface area contributed by atoms with Crippen LogP contribution in [0.2, 0.25) is 0 Å².